The molecule has 2 heterocycles. The van der Waals surface area contributed by atoms with Gasteiger partial charge in [-0.3, -0.25) is 14.9 Å². The van der Waals surface area contributed by atoms with Crippen LogP contribution >= 0.6 is 0 Å². The molecule has 4 amide bonds. The highest BCUT2D eigenvalue weighted by Gasteiger charge is 2.38. The molecule has 0 radical (unpaired) electrons. The number of carbonyl (C=O) groups excluding carboxylic acids is 3. The molecule has 6 nitrogen and oxygen atoms in total. The molecule has 34 heavy (non-hydrogen) atoms. The zero-order valence-electron chi connectivity index (χ0n) is 20.4. The van der Waals surface area contributed by atoms with Gasteiger partial charge in [-0.25, -0.2) is 9.69 Å². The van der Waals surface area contributed by atoms with Gasteiger partial charge in [0.1, 0.15) is 5.57 Å². The Labute approximate surface area is 200 Å². The Morgan fingerprint density at radius 3 is 2.44 bits per heavy atom. The lowest BCUT2D eigenvalue weighted by Crippen LogP contribution is -2.54. The number of anilines is 2. The summed E-state index contributed by atoms with van der Waals surface area (Å²) in [5.74, 6) is -1.30. The highest BCUT2D eigenvalue weighted by atomic mass is 16.2. The van der Waals surface area contributed by atoms with Crippen LogP contribution in [0.3, 0.4) is 0 Å². The monoisotopic (exact) mass is 457 g/mol. The molecule has 1 saturated heterocycles. The predicted octanol–water partition coefficient (Wildman–Crippen LogP) is 5.33. The van der Waals surface area contributed by atoms with Crippen molar-refractivity contribution >= 4 is 40.9 Å². The Morgan fingerprint density at radius 2 is 1.74 bits per heavy atom. The summed E-state index contributed by atoms with van der Waals surface area (Å²) in [7, 11) is 0. The molecule has 1 N–H and O–H groups in total. The smallest absolute Gasteiger partial charge is 0.335 e. The van der Waals surface area contributed by atoms with Gasteiger partial charge in [0.15, 0.2) is 0 Å². The van der Waals surface area contributed by atoms with E-state index in [4.69, 9.17) is 0 Å². The van der Waals surface area contributed by atoms with E-state index in [2.05, 4.69) is 50.1 Å². The number of hydrogen-bond donors (Lipinski definition) is 1. The molecule has 2 aliphatic rings. The fourth-order valence-corrected chi connectivity index (χ4v) is 4.89. The van der Waals surface area contributed by atoms with Crippen molar-refractivity contribution in [2.24, 2.45) is 0 Å². The van der Waals surface area contributed by atoms with Crippen molar-refractivity contribution in [1.82, 2.24) is 5.32 Å². The summed E-state index contributed by atoms with van der Waals surface area (Å²) >= 11 is 0. The van der Waals surface area contributed by atoms with Crippen LogP contribution in [0.4, 0.5) is 16.2 Å². The van der Waals surface area contributed by atoms with Crippen LogP contribution in [0, 0.1) is 0 Å². The minimum absolute atomic E-state index is 0.0614. The number of nitrogens with one attached hydrogen (secondary N) is 1. The molecule has 1 fully saturated rings. The highest BCUT2D eigenvalue weighted by Crippen LogP contribution is 2.39. The summed E-state index contributed by atoms with van der Waals surface area (Å²) in [5, 5.41) is 2.32. The molecular formula is C28H31N3O3. The van der Waals surface area contributed by atoms with Gasteiger partial charge >= 0.3 is 6.03 Å². The second kappa shape index (κ2) is 8.93. The molecule has 176 valence electrons. The minimum atomic E-state index is -0.727. The largest absolute Gasteiger partial charge is 0.362 e. The van der Waals surface area contributed by atoms with E-state index in [1.807, 2.05) is 31.2 Å². The average molecular weight is 458 g/mol. The third-order valence-corrected chi connectivity index (χ3v) is 6.47. The predicted molar refractivity (Wildman–Crippen MR) is 137 cm³/mol. The van der Waals surface area contributed by atoms with E-state index < -0.39 is 17.8 Å². The van der Waals surface area contributed by atoms with Gasteiger partial charge in [-0.05, 0) is 74.6 Å². The van der Waals surface area contributed by atoms with Gasteiger partial charge in [0, 0.05) is 17.8 Å². The third kappa shape index (κ3) is 4.04. The SMILES string of the molecule is CCCN1c2ccc(/C=C3/C(=O)NC(=O)N(c4ccccc4CC)C3=O)cc2C(C)=CC1(C)C. The van der Waals surface area contributed by atoms with Crippen molar-refractivity contribution in [3.05, 3.63) is 70.8 Å². The maximum atomic E-state index is 13.4. The first-order chi connectivity index (χ1) is 16.2. The number of para-hydroxylation sites is 1. The summed E-state index contributed by atoms with van der Waals surface area (Å²) in [6.45, 7) is 11.5. The lowest BCUT2D eigenvalue weighted by atomic mass is 9.87. The van der Waals surface area contributed by atoms with E-state index in [0.717, 1.165) is 45.8 Å². The molecule has 0 atom stereocenters. The number of nitrogens with zero attached hydrogens (tertiary/aromatic N) is 2. The maximum absolute atomic E-state index is 13.4. The summed E-state index contributed by atoms with van der Waals surface area (Å²) in [5.41, 5.74) is 5.30. The molecule has 2 aromatic rings. The Kier molecular flexibility index (Phi) is 6.17. The fourth-order valence-electron chi connectivity index (χ4n) is 4.89. The second-order valence-electron chi connectivity index (χ2n) is 9.35. The van der Waals surface area contributed by atoms with Gasteiger partial charge in [0.05, 0.1) is 11.2 Å². The summed E-state index contributed by atoms with van der Waals surface area (Å²) in [4.78, 5) is 42.1. The van der Waals surface area contributed by atoms with Gasteiger partial charge in [-0.2, -0.15) is 0 Å². The molecule has 6 heteroatoms. The number of urea groups is 1. The molecule has 4 rings (SSSR count). The number of imide groups is 2. The molecule has 0 unspecified atom stereocenters. The molecule has 0 bridgehead atoms. The average Bonchev–Trinajstić information content (AvgIpc) is 2.79. The van der Waals surface area contributed by atoms with Crippen molar-refractivity contribution in [1.29, 1.82) is 0 Å². The first-order valence-electron chi connectivity index (χ1n) is 11.8. The fraction of sp³-hybridized carbons (Fsp3) is 0.321. The van der Waals surface area contributed by atoms with Crippen LogP contribution in [0.5, 0.6) is 0 Å². The van der Waals surface area contributed by atoms with Gasteiger partial charge in [0.25, 0.3) is 11.8 Å². The number of benzene rings is 2. The van der Waals surface area contributed by atoms with Gasteiger partial charge in [0.2, 0.25) is 0 Å². The summed E-state index contributed by atoms with van der Waals surface area (Å²) < 4.78 is 0. The normalized spacial score (nSPS) is 18.7. The molecular weight excluding hydrogens is 426 g/mol. The number of amides is 4. The van der Waals surface area contributed by atoms with E-state index in [1.54, 1.807) is 18.2 Å². The lowest BCUT2D eigenvalue weighted by Gasteiger charge is -2.43. The van der Waals surface area contributed by atoms with Gasteiger partial charge < -0.3 is 4.90 Å². The minimum Gasteiger partial charge on any atom is -0.362 e. The number of fused-ring (bicyclic) bond motifs is 1. The highest BCUT2D eigenvalue weighted by molar-refractivity contribution is 6.39. The number of aryl methyl sites for hydroxylation is 1. The number of allylic oxidation sites excluding steroid dienone is 1. The van der Waals surface area contributed by atoms with Crippen LogP contribution in [-0.2, 0) is 16.0 Å². The second-order valence-corrected chi connectivity index (χ2v) is 9.35. The van der Waals surface area contributed by atoms with Crippen LogP contribution in [0.1, 0.15) is 57.7 Å². The topological polar surface area (TPSA) is 69.7 Å². The summed E-state index contributed by atoms with van der Waals surface area (Å²) in [6, 6.07) is 12.5. The van der Waals surface area contributed by atoms with Crippen LogP contribution in [-0.4, -0.2) is 29.9 Å². The first-order valence-corrected chi connectivity index (χ1v) is 11.8. The number of rotatable bonds is 5. The van der Waals surface area contributed by atoms with Gasteiger partial charge in [-0.15, -0.1) is 0 Å². The zero-order chi connectivity index (χ0) is 24.6. The van der Waals surface area contributed by atoms with E-state index in [0.29, 0.717) is 12.1 Å². The summed E-state index contributed by atoms with van der Waals surface area (Å²) in [6.07, 6.45) is 5.51. The molecule has 2 aromatic carbocycles. The lowest BCUT2D eigenvalue weighted by molar-refractivity contribution is -0.122. The Hall–Kier alpha value is -3.67. The van der Waals surface area contributed by atoms with Crippen LogP contribution in [0.2, 0.25) is 0 Å². The maximum Gasteiger partial charge on any atom is 0.335 e. The quantitative estimate of drug-likeness (QED) is 0.487. The Morgan fingerprint density at radius 1 is 1.00 bits per heavy atom. The Bertz CT molecular complexity index is 1240. The van der Waals surface area contributed by atoms with Gasteiger partial charge in [-0.1, -0.05) is 44.2 Å². The van der Waals surface area contributed by atoms with E-state index in [1.165, 1.54) is 0 Å². The van der Waals surface area contributed by atoms with E-state index in [9.17, 15) is 14.4 Å². The van der Waals surface area contributed by atoms with Crippen molar-refractivity contribution in [3.63, 3.8) is 0 Å². The van der Waals surface area contributed by atoms with E-state index >= 15 is 0 Å². The third-order valence-electron chi connectivity index (χ3n) is 6.47. The molecule has 0 aromatic heterocycles. The standard InChI is InChI=1S/C28H31N3O3/c1-6-14-30-24-13-12-19(15-21(24)18(3)17-28(30,4)5)16-22-25(32)29-27(34)31(26(22)33)23-11-9-8-10-20(23)7-2/h8-13,15-17H,6-7,14H2,1-5H3,(H,29,32,34)/b22-16-. The zero-order valence-corrected chi connectivity index (χ0v) is 20.4. The first kappa shape index (κ1) is 23.5. The number of hydrogen-bond acceptors (Lipinski definition) is 4. The van der Waals surface area contributed by atoms with Crippen LogP contribution < -0.4 is 15.1 Å². The van der Waals surface area contributed by atoms with Crippen LogP contribution in [0.25, 0.3) is 11.6 Å². The van der Waals surface area contributed by atoms with Crippen molar-refractivity contribution < 1.29 is 14.4 Å². The Balaban J connectivity index is 1.75. The number of barbiturate groups is 1. The van der Waals surface area contributed by atoms with Crippen molar-refractivity contribution in [2.45, 2.75) is 53.0 Å². The molecule has 0 aliphatic carbocycles. The van der Waals surface area contributed by atoms with Crippen molar-refractivity contribution in [3.8, 4) is 0 Å². The van der Waals surface area contributed by atoms with Crippen molar-refractivity contribution in [2.75, 3.05) is 16.3 Å². The van der Waals surface area contributed by atoms with Crippen LogP contribution in [0.15, 0.2) is 54.1 Å². The molecule has 2 aliphatic heterocycles. The number of carbonyl (C=O) groups is 3. The molecule has 0 saturated carbocycles. The molecule has 0 spiro atoms. The van der Waals surface area contributed by atoms with E-state index in [-0.39, 0.29) is 11.1 Å².